The fraction of sp³-hybridized carbons (Fsp3) is 0.533. The van der Waals surface area contributed by atoms with E-state index in [1.54, 1.807) is 11.9 Å². The van der Waals surface area contributed by atoms with E-state index in [1.165, 1.54) is 0 Å². The first-order valence-corrected chi connectivity index (χ1v) is 21.0. The van der Waals surface area contributed by atoms with Crippen molar-refractivity contribution in [3.63, 3.8) is 0 Å². The van der Waals surface area contributed by atoms with Gasteiger partial charge < -0.3 is 29.7 Å². The summed E-state index contributed by atoms with van der Waals surface area (Å²) >= 11 is 0. The Morgan fingerprint density at radius 1 is 1.05 bits per heavy atom. The highest BCUT2D eigenvalue weighted by Gasteiger charge is 2.56. The molecule has 0 radical (unpaired) electrons. The van der Waals surface area contributed by atoms with E-state index in [9.17, 15) is 18.8 Å². The SMILES string of the molecule is CC[C@H](C)n1cnc2cc(-c3ccc4c(c3)N([C@H]3C[C@@H](N5CCC[C@@H](F)C5)C3)C(=O)C43CCN(C(=O)OC(C)(C)C)CC3)nc(Nc3ccc(C)c(C(=O)NC)c3)c21. The maximum atomic E-state index is 15.0. The molecule has 8 rings (SSSR count). The zero-order chi connectivity index (χ0) is 41.1. The van der Waals surface area contributed by atoms with Crippen LogP contribution in [0.4, 0.5) is 26.4 Å². The third-order valence-electron chi connectivity index (χ3n) is 12.9. The molecule has 0 bridgehead atoms. The van der Waals surface area contributed by atoms with E-state index in [-0.39, 0.29) is 36.0 Å². The Labute approximate surface area is 340 Å². The van der Waals surface area contributed by atoms with E-state index >= 15 is 0 Å². The molecule has 0 unspecified atom stereocenters. The molecule has 3 fully saturated rings. The molecule has 5 heterocycles. The van der Waals surface area contributed by atoms with Crippen LogP contribution in [-0.2, 0) is 14.9 Å². The van der Waals surface area contributed by atoms with Crippen LogP contribution in [0.2, 0.25) is 0 Å². The minimum absolute atomic E-state index is 0.00954. The largest absolute Gasteiger partial charge is 0.444 e. The molecule has 3 aliphatic heterocycles. The molecule has 3 amide bonds. The van der Waals surface area contributed by atoms with Crippen molar-refractivity contribution < 1.29 is 23.5 Å². The molecule has 308 valence electrons. The molecular formula is C45H57FN8O4. The average molecular weight is 793 g/mol. The zero-order valence-electron chi connectivity index (χ0n) is 34.9. The number of pyridine rings is 1. The molecule has 58 heavy (non-hydrogen) atoms. The van der Waals surface area contributed by atoms with Gasteiger partial charge in [0, 0.05) is 67.3 Å². The van der Waals surface area contributed by atoms with E-state index in [2.05, 4.69) is 52.1 Å². The summed E-state index contributed by atoms with van der Waals surface area (Å²) in [6.07, 6.45) is 5.67. The number of benzene rings is 2. The van der Waals surface area contributed by atoms with Crippen LogP contribution in [0.15, 0.2) is 48.8 Å². The van der Waals surface area contributed by atoms with Gasteiger partial charge in [0.15, 0.2) is 5.82 Å². The second-order valence-electron chi connectivity index (χ2n) is 17.8. The van der Waals surface area contributed by atoms with Crippen LogP contribution in [0.3, 0.4) is 0 Å². The number of carbonyl (C=O) groups excluding carboxylic acids is 3. The van der Waals surface area contributed by atoms with Crippen LogP contribution < -0.4 is 15.5 Å². The zero-order valence-corrected chi connectivity index (χ0v) is 34.9. The van der Waals surface area contributed by atoms with E-state index in [0.29, 0.717) is 56.0 Å². The summed E-state index contributed by atoms with van der Waals surface area (Å²) in [7, 11) is 1.62. The lowest BCUT2D eigenvalue weighted by Gasteiger charge is -2.48. The molecule has 13 heteroatoms. The Hall–Kier alpha value is -5.04. The number of imidazole rings is 1. The summed E-state index contributed by atoms with van der Waals surface area (Å²) in [4.78, 5) is 56.9. The summed E-state index contributed by atoms with van der Waals surface area (Å²) in [5.41, 5.74) is 5.86. The van der Waals surface area contributed by atoms with Crippen LogP contribution >= 0.6 is 0 Å². The number of hydrogen-bond donors (Lipinski definition) is 2. The lowest BCUT2D eigenvalue weighted by Crippen LogP contribution is -2.59. The van der Waals surface area contributed by atoms with Gasteiger partial charge in [0.2, 0.25) is 5.91 Å². The van der Waals surface area contributed by atoms with E-state index in [4.69, 9.17) is 14.7 Å². The average Bonchev–Trinajstić information content (AvgIpc) is 3.71. The molecule has 2 atom stereocenters. The molecule has 1 aliphatic carbocycles. The third kappa shape index (κ3) is 7.20. The van der Waals surface area contributed by atoms with Crippen LogP contribution in [-0.4, -0.2) is 99.3 Å². The van der Waals surface area contributed by atoms with Gasteiger partial charge in [-0.1, -0.05) is 25.1 Å². The van der Waals surface area contributed by atoms with E-state index in [1.807, 2.05) is 63.2 Å². The summed E-state index contributed by atoms with van der Waals surface area (Å²) in [6, 6.07) is 14.4. The third-order valence-corrected chi connectivity index (χ3v) is 12.9. The lowest BCUT2D eigenvalue weighted by atomic mass is 9.73. The van der Waals surface area contributed by atoms with Gasteiger partial charge in [-0.05, 0) is 122 Å². The summed E-state index contributed by atoms with van der Waals surface area (Å²) in [6.45, 7) is 14.0. The highest BCUT2D eigenvalue weighted by atomic mass is 19.1. The maximum Gasteiger partial charge on any atom is 0.410 e. The van der Waals surface area contributed by atoms with Gasteiger partial charge in [-0.25, -0.2) is 19.2 Å². The minimum Gasteiger partial charge on any atom is -0.444 e. The van der Waals surface area contributed by atoms with Gasteiger partial charge in [-0.15, -0.1) is 0 Å². The molecule has 1 saturated carbocycles. The molecule has 2 saturated heterocycles. The fourth-order valence-corrected chi connectivity index (χ4v) is 9.39. The second-order valence-corrected chi connectivity index (χ2v) is 17.8. The lowest BCUT2D eigenvalue weighted by molar-refractivity contribution is -0.126. The second kappa shape index (κ2) is 15.3. The number of piperidine rings is 2. The topological polar surface area (TPSA) is 125 Å². The molecule has 12 nitrogen and oxygen atoms in total. The van der Waals surface area contributed by atoms with Crippen molar-refractivity contribution in [2.24, 2.45) is 0 Å². The van der Waals surface area contributed by atoms with Crippen molar-refractivity contribution in [2.45, 2.75) is 122 Å². The number of ether oxygens (including phenoxy) is 1. The Balaban J connectivity index is 1.17. The number of likely N-dealkylation sites (tertiary alicyclic amines) is 2. The normalized spacial score (nSPS) is 22.5. The van der Waals surface area contributed by atoms with E-state index in [0.717, 1.165) is 71.3 Å². The molecule has 4 aliphatic rings. The van der Waals surface area contributed by atoms with Crippen molar-refractivity contribution in [3.05, 3.63) is 65.5 Å². The van der Waals surface area contributed by atoms with Crippen LogP contribution in [0.5, 0.6) is 0 Å². The predicted octanol–water partition coefficient (Wildman–Crippen LogP) is 8.06. The van der Waals surface area contributed by atoms with Crippen molar-refractivity contribution in [2.75, 3.05) is 43.4 Å². The van der Waals surface area contributed by atoms with Gasteiger partial charge in [0.1, 0.15) is 17.3 Å². The van der Waals surface area contributed by atoms with Crippen molar-refractivity contribution >= 4 is 46.1 Å². The van der Waals surface area contributed by atoms with Crippen LogP contribution in [0.1, 0.15) is 107 Å². The maximum absolute atomic E-state index is 15.0. The Morgan fingerprint density at radius 2 is 1.81 bits per heavy atom. The van der Waals surface area contributed by atoms with Gasteiger partial charge in [0.25, 0.3) is 5.91 Å². The summed E-state index contributed by atoms with van der Waals surface area (Å²) in [5.74, 6) is 0.535. The van der Waals surface area contributed by atoms with Crippen LogP contribution in [0, 0.1) is 6.92 Å². The Kier molecular flexibility index (Phi) is 10.5. The Morgan fingerprint density at radius 3 is 2.50 bits per heavy atom. The number of rotatable bonds is 8. The van der Waals surface area contributed by atoms with E-state index < -0.39 is 17.2 Å². The number of carbonyl (C=O) groups is 3. The van der Waals surface area contributed by atoms with Crippen molar-refractivity contribution in [3.8, 4) is 11.3 Å². The number of nitrogens with zero attached hydrogens (tertiary/aromatic N) is 6. The Bertz CT molecular complexity index is 2230. The molecule has 1 spiro atoms. The number of aryl methyl sites for hydroxylation is 1. The number of fused-ring (bicyclic) bond motifs is 3. The van der Waals surface area contributed by atoms with Gasteiger partial charge in [-0.2, -0.15) is 0 Å². The van der Waals surface area contributed by atoms with Gasteiger partial charge in [0.05, 0.1) is 23.0 Å². The van der Waals surface area contributed by atoms with Crippen LogP contribution in [0.25, 0.3) is 22.3 Å². The number of anilines is 3. The summed E-state index contributed by atoms with van der Waals surface area (Å²) < 4.78 is 22.3. The van der Waals surface area contributed by atoms with Crippen molar-refractivity contribution in [1.82, 2.24) is 29.7 Å². The number of nitrogens with one attached hydrogen (secondary N) is 2. The number of halogens is 1. The number of hydrogen-bond acceptors (Lipinski definition) is 8. The summed E-state index contributed by atoms with van der Waals surface area (Å²) in [5, 5.41) is 6.27. The van der Waals surface area contributed by atoms with Crippen molar-refractivity contribution in [1.29, 1.82) is 0 Å². The molecule has 2 aromatic heterocycles. The fourth-order valence-electron chi connectivity index (χ4n) is 9.39. The number of amides is 3. The first kappa shape index (κ1) is 39.8. The first-order valence-electron chi connectivity index (χ1n) is 21.0. The highest BCUT2D eigenvalue weighted by molar-refractivity contribution is 6.09. The molecule has 2 N–H and O–H groups in total. The highest BCUT2D eigenvalue weighted by Crippen LogP contribution is 2.52. The van der Waals surface area contributed by atoms with Gasteiger partial charge in [-0.3, -0.25) is 14.5 Å². The standard InChI is InChI=1S/C45H57FN8O4/c1-8-28(3)53-26-48-37-24-36(50-40(39(37)53)49-31-13-11-27(2)34(21-31)41(55)47-7)29-12-14-35-38(20-29)54(33-22-32(23-33)52-17-9-10-30(46)25-52)42(56)45(35)15-18-51(19-16-45)43(57)58-44(4,5)6/h11-14,20-21,24,26,28,30,32-33H,8-10,15-19,22-23,25H2,1-7H3,(H,47,55)(H,49,50)/t28-,30+,32-,33+/m0/s1. The first-order chi connectivity index (χ1) is 27.7. The smallest absolute Gasteiger partial charge is 0.410 e. The quantitative estimate of drug-likeness (QED) is 0.184. The molecular weight excluding hydrogens is 736 g/mol. The molecule has 2 aromatic carbocycles. The predicted molar refractivity (Wildman–Crippen MR) is 225 cm³/mol. The minimum atomic E-state index is -0.798. The molecule has 4 aromatic rings. The van der Waals surface area contributed by atoms with Gasteiger partial charge >= 0.3 is 6.09 Å². The number of aromatic nitrogens is 3. The monoisotopic (exact) mass is 792 g/mol. The number of alkyl halides is 1.